The van der Waals surface area contributed by atoms with Gasteiger partial charge in [0.1, 0.15) is 43.4 Å². The van der Waals surface area contributed by atoms with Crippen LogP contribution in [-0.2, 0) is 50.1 Å². The molecule has 15 nitrogen and oxygen atoms in total. The minimum absolute atomic E-state index is 0.000970. The lowest BCUT2D eigenvalue weighted by Crippen LogP contribution is -2.55. The number of methoxy groups -OCH3 is 1. The number of nitrogens with one attached hydrogen (secondary N) is 5. The Labute approximate surface area is 346 Å². The van der Waals surface area contributed by atoms with Crippen LogP contribution in [0.1, 0.15) is 41.5 Å². The molecule has 4 aromatic carbocycles. The summed E-state index contributed by atoms with van der Waals surface area (Å²) in [5, 5.41) is 11.4. The standard InChI is InChI=1S/C41H46Cl2N6O9/c1-55-30-17-15-29(16-18-30)25-58-41(54)48-36(22-27-13-19-31(20-14-27)56-26-32-33(42)10-7-11-34(32)43)39(52)47-35(38(51)46-23-37(50)49-44)12-5-6-21-45-40(53)57-24-28-8-3-2-4-9-28/h2-4,7-11,13-20,35-36H,5-6,12,21-26,44H2,1H3,(H,45,53)(H,46,51)(H,47,52)(H,48,54)(H,49,50)/t35-,36-/m0/s1. The van der Waals surface area contributed by atoms with Crippen molar-refractivity contribution >= 4 is 53.1 Å². The van der Waals surface area contributed by atoms with Gasteiger partial charge in [0, 0.05) is 28.6 Å². The molecular formula is C41H46Cl2N6O9. The van der Waals surface area contributed by atoms with Crippen LogP contribution in [0.2, 0.25) is 10.0 Å². The molecule has 0 aliphatic heterocycles. The minimum Gasteiger partial charge on any atom is -0.497 e. The predicted molar refractivity (Wildman–Crippen MR) is 217 cm³/mol. The highest BCUT2D eigenvalue weighted by molar-refractivity contribution is 6.35. The summed E-state index contributed by atoms with van der Waals surface area (Å²) < 4.78 is 21.7. The van der Waals surface area contributed by atoms with Gasteiger partial charge in [-0.1, -0.05) is 83.9 Å². The van der Waals surface area contributed by atoms with Gasteiger partial charge in [-0.15, -0.1) is 0 Å². The zero-order chi connectivity index (χ0) is 41.7. The molecule has 7 N–H and O–H groups in total. The number of hydrazine groups is 1. The number of alkyl carbamates (subject to hydrolysis) is 2. The smallest absolute Gasteiger partial charge is 0.408 e. The summed E-state index contributed by atoms with van der Waals surface area (Å²) in [6.45, 7) is -0.0603. The fourth-order valence-electron chi connectivity index (χ4n) is 5.37. The zero-order valence-corrected chi connectivity index (χ0v) is 33.3. The molecule has 0 unspecified atom stereocenters. The van der Waals surface area contributed by atoms with Gasteiger partial charge in [0.15, 0.2) is 0 Å². The SMILES string of the molecule is COc1ccc(COC(=O)N[C@@H](Cc2ccc(OCc3c(Cl)cccc3Cl)cc2)C(=O)N[C@@H](CCCCNC(=O)OCc2ccccc2)C(=O)NCC(=O)NN)cc1. The fourth-order valence-corrected chi connectivity index (χ4v) is 5.87. The van der Waals surface area contributed by atoms with Gasteiger partial charge in [0.05, 0.1) is 13.7 Å². The van der Waals surface area contributed by atoms with Crippen LogP contribution in [0.15, 0.2) is 97.1 Å². The lowest BCUT2D eigenvalue weighted by atomic mass is 10.0. The quantitative estimate of drug-likeness (QED) is 0.0283. The third kappa shape index (κ3) is 15.5. The van der Waals surface area contributed by atoms with Crippen molar-refractivity contribution in [3.8, 4) is 11.5 Å². The number of benzene rings is 4. The van der Waals surface area contributed by atoms with Crippen LogP contribution in [-0.4, -0.2) is 62.2 Å². The monoisotopic (exact) mass is 836 g/mol. The number of ether oxygens (including phenoxy) is 4. The first-order valence-electron chi connectivity index (χ1n) is 18.3. The van der Waals surface area contributed by atoms with Gasteiger partial charge < -0.3 is 40.2 Å². The van der Waals surface area contributed by atoms with Crippen molar-refractivity contribution in [2.45, 2.75) is 57.6 Å². The van der Waals surface area contributed by atoms with Gasteiger partial charge in [-0.2, -0.15) is 0 Å². The van der Waals surface area contributed by atoms with E-state index in [1.165, 1.54) is 7.11 Å². The van der Waals surface area contributed by atoms with Crippen LogP contribution < -0.4 is 42.0 Å². The second-order valence-corrected chi connectivity index (χ2v) is 13.6. The largest absolute Gasteiger partial charge is 0.497 e. The van der Waals surface area contributed by atoms with Crippen LogP contribution >= 0.6 is 23.2 Å². The van der Waals surface area contributed by atoms with E-state index in [2.05, 4.69) is 21.3 Å². The van der Waals surface area contributed by atoms with Gasteiger partial charge in [0.2, 0.25) is 11.8 Å². The van der Waals surface area contributed by atoms with Crippen molar-refractivity contribution < 1.29 is 42.9 Å². The minimum atomic E-state index is -1.21. The van der Waals surface area contributed by atoms with E-state index in [1.807, 2.05) is 35.8 Å². The molecule has 4 rings (SSSR count). The summed E-state index contributed by atoms with van der Waals surface area (Å²) in [5.74, 6) is 4.30. The first kappa shape index (κ1) is 44.7. The molecule has 17 heteroatoms. The molecule has 308 valence electrons. The molecule has 4 aromatic rings. The van der Waals surface area contributed by atoms with Crippen molar-refractivity contribution in [2.75, 3.05) is 20.2 Å². The number of unbranched alkanes of at least 4 members (excludes halogenated alkanes) is 1. The summed E-state index contributed by atoms with van der Waals surface area (Å²) in [6, 6.07) is 25.8. The fraction of sp³-hybridized carbons (Fsp3) is 0.293. The Hall–Kier alpha value is -6.03. The molecule has 5 amide bonds. The number of amides is 5. The van der Waals surface area contributed by atoms with Crippen LogP contribution in [0.5, 0.6) is 11.5 Å². The summed E-state index contributed by atoms with van der Waals surface area (Å²) in [4.78, 5) is 64.2. The number of hydrogen-bond acceptors (Lipinski definition) is 10. The molecular weight excluding hydrogens is 791 g/mol. The number of carbonyl (C=O) groups is 5. The van der Waals surface area contributed by atoms with E-state index in [-0.39, 0.29) is 39.2 Å². The van der Waals surface area contributed by atoms with Crippen molar-refractivity contribution in [1.29, 1.82) is 0 Å². The van der Waals surface area contributed by atoms with E-state index >= 15 is 0 Å². The molecule has 0 aliphatic rings. The molecule has 0 aromatic heterocycles. The molecule has 2 atom stereocenters. The zero-order valence-electron chi connectivity index (χ0n) is 31.8. The van der Waals surface area contributed by atoms with E-state index in [4.69, 9.17) is 48.0 Å². The first-order chi connectivity index (χ1) is 28.0. The molecule has 0 spiro atoms. The van der Waals surface area contributed by atoms with Gasteiger partial charge in [-0.3, -0.25) is 19.8 Å². The van der Waals surface area contributed by atoms with Gasteiger partial charge in [0.25, 0.3) is 5.91 Å². The normalized spacial score (nSPS) is 11.6. The number of hydrogen-bond donors (Lipinski definition) is 6. The Morgan fingerprint density at radius 3 is 1.91 bits per heavy atom. The average molecular weight is 838 g/mol. The molecule has 0 fully saturated rings. The van der Waals surface area contributed by atoms with Crippen molar-refractivity contribution in [1.82, 2.24) is 26.7 Å². The van der Waals surface area contributed by atoms with E-state index < -0.39 is 48.5 Å². The molecule has 0 aliphatic carbocycles. The second-order valence-electron chi connectivity index (χ2n) is 12.8. The maximum absolute atomic E-state index is 13.9. The Kier molecular flexibility index (Phi) is 18.4. The molecule has 58 heavy (non-hydrogen) atoms. The van der Waals surface area contributed by atoms with Gasteiger partial charge in [-0.25, -0.2) is 15.4 Å². The third-order valence-corrected chi connectivity index (χ3v) is 9.27. The highest BCUT2D eigenvalue weighted by Crippen LogP contribution is 2.26. The molecule has 0 saturated heterocycles. The highest BCUT2D eigenvalue weighted by atomic mass is 35.5. The molecule has 0 bridgehead atoms. The van der Waals surface area contributed by atoms with E-state index in [0.717, 1.165) is 5.56 Å². The highest BCUT2D eigenvalue weighted by Gasteiger charge is 2.28. The number of carbonyl (C=O) groups excluding carboxylic acids is 5. The number of nitrogens with two attached hydrogens (primary N) is 1. The van der Waals surface area contributed by atoms with Gasteiger partial charge >= 0.3 is 12.2 Å². The summed E-state index contributed by atoms with van der Waals surface area (Å²) >= 11 is 12.5. The summed E-state index contributed by atoms with van der Waals surface area (Å²) in [7, 11) is 1.54. The maximum Gasteiger partial charge on any atom is 0.408 e. The molecule has 0 radical (unpaired) electrons. The van der Waals surface area contributed by atoms with Crippen LogP contribution in [0.25, 0.3) is 0 Å². The average Bonchev–Trinajstić information content (AvgIpc) is 3.24. The summed E-state index contributed by atoms with van der Waals surface area (Å²) in [6.07, 6.45) is -0.545. The Balaban J connectivity index is 1.41. The Morgan fingerprint density at radius 1 is 0.638 bits per heavy atom. The van der Waals surface area contributed by atoms with Gasteiger partial charge in [-0.05, 0) is 72.4 Å². The van der Waals surface area contributed by atoms with E-state index in [0.29, 0.717) is 51.1 Å². The molecule has 0 saturated carbocycles. The lowest BCUT2D eigenvalue weighted by molar-refractivity contribution is -0.131. The van der Waals surface area contributed by atoms with E-state index in [9.17, 15) is 24.0 Å². The topological polar surface area (TPSA) is 208 Å². The maximum atomic E-state index is 13.9. The second kappa shape index (κ2) is 23.9. The lowest BCUT2D eigenvalue weighted by Gasteiger charge is -2.23. The Morgan fingerprint density at radius 2 is 1.26 bits per heavy atom. The third-order valence-electron chi connectivity index (χ3n) is 8.56. The predicted octanol–water partition coefficient (Wildman–Crippen LogP) is 5.11. The van der Waals surface area contributed by atoms with Crippen molar-refractivity contribution in [3.05, 3.63) is 129 Å². The van der Waals surface area contributed by atoms with Crippen LogP contribution in [0.3, 0.4) is 0 Å². The van der Waals surface area contributed by atoms with E-state index in [1.54, 1.807) is 66.7 Å². The molecule has 0 heterocycles. The first-order valence-corrected chi connectivity index (χ1v) is 19.0. The number of rotatable bonds is 21. The number of halogens is 2. The van der Waals surface area contributed by atoms with Crippen LogP contribution in [0, 0.1) is 0 Å². The summed E-state index contributed by atoms with van der Waals surface area (Å²) in [5.41, 5.74) is 4.72. The van der Waals surface area contributed by atoms with Crippen molar-refractivity contribution in [3.63, 3.8) is 0 Å². The Bertz CT molecular complexity index is 1930. The van der Waals surface area contributed by atoms with Crippen molar-refractivity contribution in [2.24, 2.45) is 5.84 Å². The van der Waals surface area contributed by atoms with Crippen LogP contribution in [0.4, 0.5) is 9.59 Å².